The van der Waals surface area contributed by atoms with Crippen LogP contribution in [0.2, 0.25) is 0 Å². The largest absolute Gasteiger partial charge is 0.534 e. The lowest BCUT2D eigenvalue weighted by atomic mass is 9.99. The summed E-state index contributed by atoms with van der Waals surface area (Å²) in [6, 6.07) is 13.1. The van der Waals surface area contributed by atoms with Crippen molar-refractivity contribution in [1.82, 2.24) is 10.2 Å². The molecule has 2 aromatic carbocycles. The van der Waals surface area contributed by atoms with Crippen molar-refractivity contribution in [1.29, 1.82) is 5.26 Å². The molecule has 0 atom stereocenters. The van der Waals surface area contributed by atoms with Gasteiger partial charge in [-0.05, 0) is 72.8 Å². The van der Waals surface area contributed by atoms with Crippen molar-refractivity contribution in [2.75, 3.05) is 19.6 Å². The molecular formula is C24H24F3N3O4S. The van der Waals surface area contributed by atoms with Gasteiger partial charge in [-0.1, -0.05) is 18.2 Å². The molecule has 3 rings (SSSR count). The van der Waals surface area contributed by atoms with Crippen molar-refractivity contribution in [3.63, 3.8) is 0 Å². The molecular weight excluding hydrogens is 483 g/mol. The topological polar surface area (TPSA) is 99.5 Å². The lowest BCUT2D eigenvalue weighted by Gasteiger charge is -2.29. The Bertz CT molecular complexity index is 1240. The number of amides is 1. The fraction of sp³-hybridized carbons (Fsp3) is 0.333. The maximum Gasteiger partial charge on any atom is 0.534 e. The molecule has 0 unspecified atom stereocenters. The minimum absolute atomic E-state index is 0.236. The molecule has 0 aromatic heterocycles. The monoisotopic (exact) mass is 507 g/mol. The van der Waals surface area contributed by atoms with Gasteiger partial charge in [0, 0.05) is 25.7 Å². The average molecular weight is 508 g/mol. The van der Waals surface area contributed by atoms with E-state index < -0.39 is 15.6 Å². The van der Waals surface area contributed by atoms with Crippen LogP contribution < -0.4 is 9.50 Å². The number of fused-ring (bicyclic) bond motifs is 1. The Kier molecular flexibility index (Phi) is 8.53. The molecule has 186 valence electrons. The number of nitrogens with one attached hydrogen (secondary N) is 1. The van der Waals surface area contributed by atoms with Crippen molar-refractivity contribution in [2.24, 2.45) is 0 Å². The number of unbranched alkanes of at least 4 members (excludes halogenated alkanes) is 1. The average Bonchev–Trinajstić information content (AvgIpc) is 2.81. The van der Waals surface area contributed by atoms with Crippen LogP contribution in [0.25, 0.3) is 6.08 Å². The van der Waals surface area contributed by atoms with E-state index in [4.69, 9.17) is 5.26 Å². The smallest absolute Gasteiger partial charge is 0.376 e. The second-order valence-corrected chi connectivity index (χ2v) is 9.55. The SMILES string of the molecule is N#Cc1cccc(/C=C/C(=O)NCCCCN2CCc3ccc(OS(=O)(=O)C(F)(F)F)cc3C2)c1. The molecule has 1 aliphatic rings. The quantitative estimate of drug-likeness (QED) is 0.240. The number of carbonyl (C=O) groups excluding carboxylic acids is 1. The molecule has 0 aliphatic carbocycles. The third-order valence-corrected chi connectivity index (χ3v) is 6.38. The fourth-order valence-corrected chi connectivity index (χ4v) is 4.07. The Hall–Kier alpha value is -3.36. The van der Waals surface area contributed by atoms with Gasteiger partial charge in [0.2, 0.25) is 5.91 Å². The molecule has 1 aliphatic heterocycles. The molecule has 0 radical (unpaired) electrons. The van der Waals surface area contributed by atoms with Crippen LogP contribution in [0, 0.1) is 11.3 Å². The molecule has 1 amide bonds. The Morgan fingerprint density at radius 3 is 2.71 bits per heavy atom. The van der Waals surface area contributed by atoms with Crippen LogP contribution >= 0.6 is 0 Å². The first-order valence-corrected chi connectivity index (χ1v) is 12.3. The van der Waals surface area contributed by atoms with Crippen LogP contribution in [0.4, 0.5) is 13.2 Å². The van der Waals surface area contributed by atoms with Crippen molar-refractivity contribution >= 4 is 22.1 Å². The first-order chi connectivity index (χ1) is 16.6. The van der Waals surface area contributed by atoms with E-state index in [9.17, 15) is 26.4 Å². The standard InChI is InChI=1S/C24H24F3N3O4S/c25-24(26,27)35(32,33)34-22-8-7-20-10-13-30(17-21(20)15-22)12-2-1-11-29-23(31)9-6-18-4-3-5-19(14-18)16-28/h3-9,14-15H,1-2,10-13,17H2,(H,29,31)/b9-6+. The van der Waals surface area contributed by atoms with Crippen molar-refractivity contribution < 1.29 is 30.6 Å². The number of halogens is 3. The normalized spacial score (nSPS) is 14.3. The Labute approximate surface area is 201 Å². The highest BCUT2D eigenvalue weighted by Gasteiger charge is 2.48. The second-order valence-electron chi connectivity index (χ2n) is 8.01. The van der Waals surface area contributed by atoms with E-state index in [-0.39, 0.29) is 11.7 Å². The number of nitriles is 1. The molecule has 2 aromatic rings. The second kappa shape index (κ2) is 11.4. The van der Waals surface area contributed by atoms with Crippen LogP contribution in [-0.2, 0) is 27.9 Å². The van der Waals surface area contributed by atoms with Gasteiger partial charge in [-0.2, -0.15) is 26.9 Å². The van der Waals surface area contributed by atoms with Gasteiger partial charge in [0.05, 0.1) is 11.6 Å². The number of hydrogen-bond acceptors (Lipinski definition) is 6. The highest BCUT2D eigenvalue weighted by Crippen LogP contribution is 2.29. The highest BCUT2D eigenvalue weighted by molar-refractivity contribution is 7.88. The third-order valence-electron chi connectivity index (χ3n) is 5.40. The Morgan fingerprint density at radius 2 is 1.97 bits per heavy atom. The predicted molar refractivity (Wildman–Crippen MR) is 123 cm³/mol. The van der Waals surface area contributed by atoms with Gasteiger partial charge in [-0.3, -0.25) is 9.69 Å². The van der Waals surface area contributed by atoms with Gasteiger partial charge in [0.15, 0.2) is 0 Å². The summed E-state index contributed by atoms with van der Waals surface area (Å²) in [5.74, 6) is -0.598. The first-order valence-electron chi connectivity index (χ1n) is 10.9. The van der Waals surface area contributed by atoms with E-state index in [1.54, 1.807) is 36.4 Å². The highest BCUT2D eigenvalue weighted by atomic mass is 32.2. The van der Waals surface area contributed by atoms with Gasteiger partial charge < -0.3 is 9.50 Å². The van der Waals surface area contributed by atoms with Gasteiger partial charge in [-0.25, -0.2) is 0 Å². The molecule has 35 heavy (non-hydrogen) atoms. The first kappa shape index (κ1) is 26.2. The number of carbonyl (C=O) groups is 1. The Morgan fingerprint density at radius 1 is 1.17 bits per heavy atom. The summed E-state index contributed by atoms with van der Waals surface area (Å²) in [7, 11) is -5.71. The van der Waals surface area contributed by atoms with Crippen LogP contribution in [-0.4, -0.2) is 44.4 Å². The van der Waals surface area contributed by atoms with Crippen molar-refractivity contribution in [3.05, 3.63) is 70.8 Å². The number of rotatable bonds is 9. The summed E-state index contributed by atoms with van der Waals surface area (Å²) < 4.78 is 64.4. The minimum Gasteiger partial charge on any atom is -0.376 e. The van der Waals surface area contributed by atoms with Crippen molar-refractivity contribution in [2.45, 2.75) is 31.3 Å². The molecule has 0 bridgehead atoms. The van der Waals surface area contributed by atoms with Crippen LogP contribution in [0.1, 0.15) is 35.1 Å². The number of alkyl halides is 3. The summed E-state index contributed by atoms with van der Waals surface area (Å²) in [4.78, 5) is 14.1. The van der Waals surface area contributed by atoms with Crippen LogP contribution in [0.15, 0.2) is 48.5 Å². The third kappa shape index (κ3) is 7.56. The van der Waals surface area contributed by atoms with Gasteiger partial charge in [-0.15, -0.1) is 0 Å². The predicted octanol–water partition coefficient (Wildman–Crippen LogP) is 3.75. The summed E-state index contributed by atoms with van der Waals surface area (Å²) in [5.41, 5.74) is -2.54. The zero-order valence-corrected chi connectivity index (χ0v) is 19.5. The molecule has 0 spiro atoms. The van der Waals surface area contributed by atoms with E-state index in [1.165, 1.54) is 18.2 Å². The maximum atomic E-state index is 12.6. The van der Waals surface area contributed by atoms with E-state index in [2.05, 4.69) is 14.4 Å². The van der Waals surface area contributed by atoms with E-state index in [0.717, 1.165) is 42.6 Å². The zero-order chi connectivity index (χ0) is 25.5. The lowest BCUT2D eigenvalue weighted by molar-refractivity contribution is -0.116. The van der Waals surface area contributed by atoms with Crippen LogP contribution in [0.5, 0.6) is 5.75 Å². The molecule has 1 N–H and O–H groups in total. The zero-order valence-electron chi connectivity index (χ0n) is 18.7. The molecule has 7 nitrogen and oxygen atoms in total. The van der Waals surface area contributed by atoms with E-state index >= 15 is 0 Å². The molecule has 1 heterocycles. The number of benzene rings is 2. The van der Waals surface area contributed by atoms with Gasteiger partial charge in [0.1, 0.15) is 5.75 Å². The van der Waals surface area contributed by atoms with Crippen LogP contribution in [0.3, 0.4) is 0 Å². The molecule has 0 fully saturated rings. The Balaban J connectivity index is 1.42. The molecule has 11 heteroatoms. The number of hydrogen-bond donors (Lipinski definition) is 1. The summed E-state index contributed by atoms with van der Waals surface area (Å²) >= 11 is 0. The molecule has 0 saturated carbocycles. The minimum atomic E-state index is -5.71. The maximum absolute atomic E-state index is 12.6. The number of nitrogens with zero attached hydrogens (tertiary/aromatic N) is 2. The van der Waals surface area contributed by atoms with Gasteiger partial charge >= 0.3 is 15.6 Å². The van der Waals surface area contributed by atoms with E-state index in [0.29, 0.717) is 25.1 Å². The summed E-state index contributed by atoms with van der Waals surface area (Å²) in [6.45, 7) is 2.44. The molecule has 0 saturated heterocycles. The lowest BCUT2D eigenvalue weighted by Crippen LogP contribution is -2.32. The summed E-state index contributed by atoms with van der Waals surface area (Å²) in [6.07, 6.45) is 5.27. The fourth-order valence-electron chi connectivity index (χ4n) is 3.62. The van der Waals surface area contributed by atoms with Gasteiger partial charge in [0.25, 0.3) is 0 Å². The van der Waals surface area contributed by atoms with Crippen molar-refractivity contribution in [3.8, 4) is 11.8 Å². The van der Waals surface area contributed by atoms with E-state index in [1.807, 2.05) is 6.07 Å². The summed E-state index contributed by atoms with van der Waals surface area (Å²) in [5, 5.41) is 11.7.